The number of pyridine rings is 1. The van der Waals surface area contributed by atoms with E-state index in [0.717, 1.165) is 18.6 Å². The molecule has 5 nitrogen and oxygen atoms in total. The Morgan fingerprint density at radius 1 is 1.18 bits per heavy atom. The molecule has 1 N–H and O–H groups in total. The predicted molar refractivity (Wildman–Crippen MR) is 85.3 cm³/mol. The van der Waals surface area contributed by atoms with Gasteiger partial charge in [0.15, 0.2) is 0 Å². The van der Waals surface area contributed by atoms with Crippen molar-refractivity contribution in [2.75, 3.05) is 20.7 Å². The van der Waals surface area contributed by atoms with Crippen LogP contribution in [0.2, 0.25) is 0 Å². The summed E-state index contributed by atoms with van der Waals surface area (Å²) in [7, 11) is 3.41. The molecule has 0 aliphatic heterocycles. The molecular formula is C17H20N2O3. The number of amides is 1. The summed E-state index contributed by atoms with van der Waals surface area (Å²) in [6, 6.07) is 10.8. The second-order valence-corrected chi connectivity index (χ2v) is 5.12. The van der Waals surface area contributed by atoms with Crippen LogP contribution in [0, 0.1) is 0 Å². The minimum Gasteiger partial charge on any atom is -0.497 e. The maximum atomic E-state index is 12.2. The zero-order valence-electron chi connectivity index (χ0n) is 12.8. The number of H-pyrrole nitrogens is 1. The van der Waals surface area contributed by atoms with Crippen molar-refractivity contribution >= 4 is 5.91 Å². The molecule has 0 aliphatic carbocycles. The van der Waals surface area contributed by atoms with Gasteiger partial charge < -0.3 is 14.6 Å². The number of nitrogens with one attached hydrogen (secondary N) is 1. The van der Waals surface area contributed by atoms with E-state index in [4.69, 9.17) is 4.74 Å². The SMILES string of the molecule is COc1ccc(CCCN(C)C(=O)c2ccc(=O)[nH]c2)cc1. The summed E-state index contributed by atoms with van der Waals surface area (Å²) in [6.07, 6.45) is 3.22. The molecule has 0 fully saturated rings. The minimum absolute atomic E-state index is 0.0917. The number of hydrogen-bond donors (Lipinski definition) is 1. The smallest absolute Gasteiger partial charge is 0.255 e. The number of aromatic nitrogens is 1. The Labute approximate surface area is 129 Å². The Hall–Kier alpha value is -2.56. The number of rotatable bonds is 6. The fourth-order valence-electron chi connectivity index (χ4n) is 2.18. The van der Waals surface area contributed by atoms with Crippen LogP contribution in [0.1, 0.15) is 22.3 Å². The maximum Gasteiger partial charge on any atom is 0.255 e. The van der Waals surface area contributed by atoms with Gasteiger partial charge in [-0.1, -0.05) is 12.1 Å². The van der Waals surface area contributed by atoms with Crippen molar-refractivity contribution in [3.05, 3.63) is 64.1 Å². The van der Waals surface area contributed by atoms with Crippen LogP contribution in [0.5, 0.6) is 5.75 Å². The normalized spacial score (nSPS) is 10.3. The van der Waals surface area contributed by atoms with Crippen LogP contribution in [0.4, 0.5) is 0 Å². The molecule has 5 heteroatoms. The fraction of sp³-hybridized carbons (Fsp3) is 0.294. The molecule has 1 heterocycles. The van der Waals surface area contributed by atoms with Crippen molar-refractivity contribution in [2.24, 2.45) is 0 Å². The van der Waals surface area contributed by atoms with E-state index in [1.165, 1.54) is 17.8 Å². The Morgan fingerprint density at radius 3 is 2.50 bits per heavy atom. The summed E-state index contributed by atoms with van der Waals surface area (Å²) in [4.78, 5) is 27.3. The first-order valence-corrected chi connectivity index (χ1v) is 7.17. The molecule has 0 spiro atoms. The largest absolute Gasteiger partial charge is 0.497 e. The average molecular weight is 300 g/mol. The third kappa shape index (κ3) is 4.22. The molecule has 1 amide bonds. The number of benzene rings is 1. The molecule has 0 saturated carbocycles. The van der Waals surface area contributed by atoms with Crippen LogP contribution in [0.3, 0.4) is 0 Å². The highest BCUT2D eigenvalue weighted by Crippen LogP contribution is 2.13. The van der Waals surface area contributed by atoms with Crippen LogP contribution in [-0.2, 0) is 6.42 Å². The second kappa shape index (κ2) is 7.45. The van der Waals surface area contributed by atoms with Gasteiger partial charge in [0.25, 0.3) is 5.91 Å². The third-order valence-electron chi connectivity index (χ3n) is 3.50. The van der Waals surface area contributed by atoms with E-state index in [2.05, 4.69) is 4.98 Å². The number of nitrogens with zero attached hydrogens (tertiary/aromatic N) is 1. The van der Waals surface area contributed by atoms with Crippen molar-refractivity contribution in [1.82, 2.24) is 9.88 Å². The molecule has 0 atom stereocenters. The van der Waals surface area contributed by atoms with Crippen LogP contribution in [0.15, 0.2) is 47.4 Å². The number of carbonyl (C=O) groups excluding carboxylic acids is 1. The summed E-state index contributed by atoms with van der Waals surface area (Å²) in [5, 5.41) is 0. The molecule has 0 aliphatic rings. The first-order valence-electron chi connectivity index (χ1n) is 7.17. The van der Waals surface area contributed by atoms with Gasteiger partial charge in [-0.15, -0.1) is 0 Å². The number of hydrogen-bond acceptors (Lipinski definition) is 3. The minimum atomic E-state index is -0.210. The maximum absolute atomic E-state index is 12.2. The van der Waals surface area contributed by atoms with E-state index in [0.29, 0.717) is 12.1 Å². The molecule has 0 bridgehead atoms. The number of aromatic amines is 1. The highest BCUT2D eigenvalue weighted by molar-refractivity contribution is 5.93. The Morgan fingerprint density at radius 2 is 1.91 bits per heavy atom. The second-order valence-electron chi connectivity index (χ2n) is 5.12. The van der Waals surface area contributed by atoms with E-state index in [9.17, 15) is 9.59 Å². The van der Waals surface area contributed by atoms with Gasteiger partial charge in [-0.3, -0.25) is 9.59 Å². The Kier molecular flexibility index (Phi) is 5.36. The lowest BCUT2D eigenvalue weighted by Crippen LogP contribution is -2.28. The molecule has 2 rings (SSSR count). The van der Waals surface area contributed by atoms with E-state index >= 15 is 0 Å². The van der Waals surface area contributed by atoms with Crippen LogP contribution in [-0.4, -0.2) is 36.5 Å². The number of aryl methyl sites for hydroxylation is 1. The molecule has 116 valence electrons. The lowest BCUT2D eigenvalue weighted by molar-refractivity contribution is 0.0793. The molecule has 0 radical (unpaired) electrons. The first kappa shape index (κ1) is 15.8. The van der Waals surface area contributed by atoms with E-state index in [-0.39, 0.29) is 11.5 Å². The van der Waals surface area contributed by atoms with Gasteiger partial charge in [-0.05, 0) is 36.6 Å². The Bertz CT molecular complexity index is 657. The van der Waals surface area contributed by atoms with Crippen molar-refractivity contribution < 1.29 is 9.53 Å². The third-order valence-corrected chi connectivity index (χ3v) is 3.50. The van der Waals surface area contributed by atoms with Gasteiger partial charge >= 0.3 is 0 Å². The van der Waals surface area contributed by atoms with Crippen LogP contribution >= 0.6 is 0 Å². The van der Waals surface area contributed by atoms with Gasteiger partial charge in [0.2, 0.25) is 5.56 Å². The van der Waals surface area contributed by atoms with Gasteiger partial charge in [0.05, 0.1) is 12.7 Å². The summed E-state index contributed by atoms with van der Waals surface area (Å²) < 4.78 is 5.12. The number of methoxy groups -OCH3 is 1. The van der Waals surface area contributed by atoms with Gasteiger partial charge in [-0.25, -0.2) is 0 Å². The summed E-state index contributed by atoms with van der Waals surface area (Å²) in [5.74, 6) is 0.750. The fourth-order valence-corrected chi connectivity index (χ4v) is 2.18. The zero-order chi connectivity index (χ0) is 15.9. The van der Waals surface area contributed by atoms with E-state index in [1.54, 1.807) is 25.1 Å². The number of carbonyl (C=O) groups is 1. The summed E-state index contributed by atoms with van der Waals surface area (Å²) in [5.41, 5.74) is 1.50. The highest BCUT2D eigenvalue weighted by atomic mass is 16.5. The predicted octanol–water partition coefficient (Wildman–Crippen LogP) is 2.09. The summed E-state index contributed by atoms with van der Waals surface area (Å²) in [6.45, 7) is 0.657. The van der Waals surface area contributed by atoms with E-state index < -0.39 is 0 Å². The topological polar surface area (TPSA) is 62.4 Å². The van der Waals surface area contributed by atoms with Crippen molar-refractivity contribution in [3.8, 4) is 5.75 Å². The van der Waals surface area contributed by atoms with Gasteiger partial charge in [-0.2, -0.15) is 0 Å². The lowest BCUT2D eigenvalue weighted by atomic mass is 10.1. The van der Waals surface area contributed by atoms with E-state index in [1.807, 2.05) is 24.3 Å². The first-order chi connectivity index (χ1) is 10.6. The van der Waals surface area contributed by atoms with Gasteiger partial charge in [0.1, 0.15) is 5.75 Å². The number of ether oxygens (including phenoxy) is 1. The van der Waals surface area contributed by atoms with Crippen molar-refractivity contribution in [3.63, 3.8) is 0 Å². The highest BCUT2D eigenvalue weighted by Gasteiger charge is 2.11. The quantitative estimate of drug-likeness (QED) is 0.888. The molecule has 1 aromatic heterocycles. The van der Waals surface area contributed by atoms with Crippen molar-refractivity contribution in [1.29, 1.82) is 0 Å². The molecule has 0 saturated heterocycles. The molecule has 22 heavy (non-hydrogen) atoms. The zero-order valence-corrected chi connectivity index (χ0v) is 12.8. The van der Waals surface area contributed by atoms with Gasteiger partial charge in [0, 0.05) is 25.9 Å². The molecule has 1 aromatic carbocycles. The summed E-state index contributed by atoms with van der Waals surface area (Å²) >= 11 is 0. The monoisotopic (exact) mass is 300 g/mol. The average Bonchev–Trinajstić information content (AvgIpc) is 2.55. The molecular weight excluding hydrogens is 280 g/mol. The van der Waals surface area contributed by atoms with Crippen molar-refractivity contribution in [2.45, 2.75) is 12.8 Å². The standard InChI is InChI=1S/C17H20N2O3/c1-19(17(21)14-7-10-16(20)18-12-14)11-3-4-13-5-8-15(22-2)9-6-13/h5-10,12H,3-4,11H2,1-2H3,(H,18,20). The van der Waals surface area contributed by atoms with Crippen LogP contribution < -0.4 is 10.3 Å². The Balaban J connectivity index is 1.83. The molecule has 0 unspecified atom stereocenters. The molecule has 2 aromatic rings. The lowest BCUT2D eigenvalue weighted by Gasteiger charge is -2.17. The van der Waals surface area contributed by atoms with Crippen LogP contribution in [0.25, 0.3) is 0 Å².